The quantitative estimate of drug-likeness (QED) is 0.112. The van der Waals surface area contributed by atoms with Crippen molar-refractivity contribution < 1.29 is 34.0 Å². The number of hydrogen-bond donors (Lipinski definition) is 2. The van der Waals surface area contributed by atoms with Crippen LogP contribution in [0.15, 0.2) is 67.0 Å². The van der Waals surface area contributed by atoms with Gasteiger partial charge < -0.3 is 34.2 Å². The highest BCUT2D eigenvalue weighted by molar-refractivity contribution is 6.32. The van der Waals surface area contributed by atoms with E-state index >= 15 is 0 Å². The number of unbranched alkanes of at least 4 members (excludes halogenated alkanes) is 1. The van der Waals surface area contributed by atoms with Crippen molar-refractivity contribution in [3.8, 4) is 28.7 Å². The normalized spacial score (nSPS) is 17.3. The molecular formula is C47H56ClN5O7. The number of aliphatic hydroxyl groups is 1. The average molecular weight is 838 g/mol. The van der Waals surface area contributed by atoms with Crippen LogP contribution in [0.25, 0.3) is 11.1 Å². The number of likely N-dealkylation sites (tertiary alicyclic amines) is 1. The van der Waals surface area contributed by atoms with Gasteiger partial charge in [0, 0.05) is 62.3 Å². The molecule has 6 rings (SSSR count). The van der Waals surface area contributed by atoms with E-state index in [1.807, 2.05) is 12.1 Å². The van der Waals surface area contributed by atoms with Crippen LogP contribution in [0.3, 0.4) is 0 Å². The third-order valence-electron chi connectivity index (χ3n) is 11.2. The SMILES string of the molecule is Cc1c(CCCCN2CCC(O)C2)cccc1-c1cccc(COc2cc(OCc3cncc(C#N)c3)c(CN3CCN(C(=O)OC(C)(C)C)CC3C(=O)O)cc2Cl)c1C. The zero-order valence-electron chi connectivity index (χ0n) is 35.2. The summed E-state index contributed by atoms with van der Waals surface area (Å²) in [7, 11) is 0. The maximum Gasteiger partial charge on any atom is 0.410 e. The van der Waals surface area contributed by atoms with Gasteiger partial charge in [-0.25, -0.2) is 4.79 Å². The lowest BCUT2D eigenvalue weighted by molar-refractivity contribution is -0.145. The molecule has 0 bridgehead atoms. The zero-order chi connectivity index (χ0) is 43.0. The van der Waals surface area contributed by atoms with E-state index in [4.69, 9.17) is 25.8 Å². The lowest BCUT2D eigenvalue weighted by atomic mass is 9.90. The molecular weight excluding hydrogens is 782 g/mol. The van der Waals surface area contributed by atoms with E-state index in [-0.39, 0.29) is 45.5 Å². The standard InChI is InChI=1S/C47H56ClN5O7/c1-31-35(10-6-7-16-51-17-15-38(54)27-51)11-8-13-39(31)40-14-9-12-36(32(40)2)30-59-44-22-43(58-29-34-20-33(23-49)24-50-25-34)37(21-41(44)48)26-52-18-19-53(28-42(52)45(55)56)46(57)60-47(3,4)5/h8-9,11-14,20-22,24-25,38,42,54H,6-7,10,15-19,26-30H2,1-5H3,(H,55,56). The number of carboxylic acids is 1. The molecule has 2 aliphatic heterocycles. The summed E-state index contributed by atoms with van der Waals surface area (Å²) in [6.45, 7) is 13.4. The third kappa shape index (κ3) is 11.5. The first-order chi connectivity index (χ1) is 28.7. The molecule has 1 amide bonds. The molecule has 2 aliphatic rings. The maximum atomic E-state index is 12.8. The first kappa shape index (κ1) is 44.4. The third-order valence-corrected chi connectivity index (χ3v) is 11.5. The van der Waals surface area contributed by atoms with E-state index in [1.165, 1.54) is 27.8 Å². The Labute approximate surface area is 358 Å². The van der Waals surface area contributed by atoms with Crippen LogP contribution in [-0.4, -0.2) is 99.0 Å². The Hall–Kier alpha value is -5.19. The molecule has 318 valence electrons. The number of ether oxygens (including phenoxy) is 3. The number of piperazine rings is 1. The van der Waals surface area contributed by atoms with Gasteiger partial charge in [-0.3, -0.25) is 14.7 Å². The van der Waals surface area contributed by atoms with E-state index in [1.54, 1.807) is 50.1 Å². The Morgan fingerprint density at radius 2 is 1.62 bits per heavy atom. The van der Waals surface area contributed by atoms with E-state index in [0.29, 0.717) is 33.2 Å². The van der Waals surface area contributed by atoms with Crippen molar-refractivity contribution in [3.05, 3.63) is 111 Å². The van der Waals surface area contributed by atoms with Gasteiger partial charge in [-0.1, -0.05) is 48.0 Å². The van der Waals surface area contributed by atoms with Gasteiger partial charge in [0.05, 0.1) is 23.2 Å². The number of rotatable bonds is 15. The number of amides is 1. The Bertz CT molecular complexity index is 2200. The predicted octanol–water partition coefficient (Wildman–Crippen LogP) is 7.94. The van der Waals surface area contributed by atoms with Gasteiger partial charge in [0.2, 0.25) is 0 Å². The van der Waals surface area contributed by atoms with Crippen LogP contribution in [0.2, 0.25) is 5.02 Å². The van der Waals surface area contributed by atoms with Gasteiger partial charge in [0.25, 0.3) is 0 Å². The first-order valence-corrected chi connectivity index (χ1v) is 21.0. The van der Waals surface area contributed by atoms with Crippen LogP contribution in [0, 0.1) is 25.2 Å². The second kappa shape index (κ2) is 19.9. The number of aliphatic hydroxyl groups excluding tert-OH is 1. The zero-order valence-corrected chi connectivity index (χ0v) is 36.0. The van der Waals surface area contributed by atoms with Crippen LogP contribution in [0.4, 0.5) is 4.79 Å². The Morgan fingerprint density at radius 1 is 0.900 bits per heavy atom. The maximum absolute atomic E-state index is 12.8. The van der Waals surface area contributed by atoms with Crippen LogP contribution in [0.1, 0.15) is 79.0 Å². The molecule has 2 saturated heterocycles. The fourth-order valence-electron chi connectivity index (χ4n) is 7.89. The topological polar surface area (TPSA) is 149 Å². The first-order valence-electron chi connectivity index (χ1n) is 20.6. The minimum atomic E-state index is -1.06. The predicted molar refractivity (Wildman–Crippen MR) is 230 cm³/mol. The van der Waals surface area contributed by atoms with E-state index in [2.05, 4.69) is 54.1 Å². The largest absolute Gasteiger partial charge is 0.488 e. The fourth-order valence-corrected chi connectivity index (χ4v) is 8.13. The highest BCUT2D eigenvalue weighted by Gasteiger charge is 2.36. The molecule has 2 atom stereocenters. The second-order valence-electron chi connectivity index (χ2n) is 16.8. The van der Waals surface area contributed by atoms with Crippen LogP contribution in [0.5, 0.6) is 11.5 Å². The number of benzene rings is 3. The fraction of sp³-hybridized carbons (Fsp3) is 0.447. The van der Waals surface area contributed by atoms with Crippen molar-refractivity contribution in [1.29, 1.82) is 5.26 Å². The van der Waals surface area contributed by atoms with E-state index in [0.717, 1.165) is 62.0 Å². The Kier molecular flexibility index (Phi) is 14.7. The summed E-state index contributed by atoms with van der Waals surface area (Å²) in [5.74, 6) is -0.229. The molecule has 2 unspecified atom stereocenters. The van der Waals surface area contributed by atoms with Crippen LogP contribution >= 0.6 is 11.6 Å². The minimum Gasteiger partial charge on any atom is -0.488 e. The number of halogens is 1. The summed E-state index contributed by atoms with van der Waals surface area (Å²) in [6, 6.07) is 19.0. The van der Waals surface area contributed by atoms with Gasteiger partial charge >= 0.3 is 12.1 Å². The molecule has 2 fully saturated rings. The molecule has 0 spiro atoms. The number of aliphatic carboxylic acids is 1. The number of hydrogen-bond acceptors (Lipinski definition) is 10. The Morgan fingerprint density at radius 3 is 2.30 bits per heavy atom. The Balaban J connectivity index is 1.19. The molecule has 3 aromatic carbocycles. The molecule has 13 heteroatoms. The molecule has 2 N–H and O–H groups in total. The van der Waals surface area contributed by atoms with Crippen molar-refractivity contribution in [2.75, 3.05) is 39.3 Å². The molecule has 3 heterocycles. The number of nitrogens with zero attached hydrogens (tertiary/aromatic N) is 5. The summed E-state index contributed by atoms with van der Waals surface area (Å²) in [4.78, 5) is 35.1. The van der Waals surface area contributed by atoms with Gasteiger partial charge in [-0.15, -0.1) is 0 Å². The number of aromatic nitrogens is 1. The molecule has 12 nitrogen and oxygen atoms in total. The number of carboxylic acid groups (broad SMARTS) is 1. The van der Waals surface area contributed by atoms with Crippen molar-refractivity contribution >= 4 is 23.7 Å². The number of aryl methyl sites for hydroxylation is 1. The smallest absolute Gasteiger partial charge is 0.410 e. The summed E-state index contributed by atoms with van der Waals surface area (Å²) < 4.78 is 18.3. The van der Waals surface area contributed by atoms with Crippen molar-refractivity contribution in [1.82, 2.24) is 19.7 Å². The molecule has 0 radical (unpaired) electrons. The van der Waals surface area contributed by atoms with E-state index in [9.17, 15) is 25.1 Å². The molecule has 0 saturated carbocycles. The number of pyridine rings is 1. The van der Waals surface area contributed by atoms with Crippen molar-refractivity contribution in [2.45, 2.75) is 97.8 Å². The summed E-state index contributed by atoms with van der Waals surface area (Å²) in [5, 5.41) is 29.9. The monoisotopic (exact) mass is 837 g/mol. The number of carbonyl (C=O) groups excluding carboxylic acids is 1. The molecule has 60 heavy (non-hydrogen) atoms. The summed E-state index contributed by atoms with van der Waals surface area (Å²) in [6.07, 6.45) is 6.41. The van der Waals surface area contributed by atoms with Crippen molar-refractivity contribution in [2.24, 2.45) is 0 Å². The average Bonchev–Trinajstić information content (AvgIpc) is 3.63. The number of β-amino-alcohol motifs (C(OH)–C–C–N with tert-alkyl or cyclic N) is 1. The highest BCUT2D eigenvalue weighted by Crippen LogP contribution is 2.37. The van der Waals surface area contributed by atoms with E-state index < -0.39 is 23.7 Å². The second-order valence-corrected chi connectivity index (χ2v) is 17.2. The van der Waals surface area contributed by atoms with Crippen LogP contribution < -0.4 is 9.47 Å². The number of nitriles is 1. The highest BCUT2D eigenvalue weighted by atomic mass is 35.5. The van der Waals surface area contributed by atoms with Gasteiger partial charge in [-0.05, 0) is 112 Å². The van der Waals surface area contributed by atoms with Crippen molar-refractivity contribution in [3.63, 3.8) is 0 Å². The van der Waals surface area contributed by atoms with Gasteiger partial charge in [-0.2, -0.15) is 5.26 Å². The summed E-state index contributed by atoms with van der Waals surface area (Å²) >= 11 is 6.92. The molecule has 0 aliphatic carbocycles. The van der Waals surface area contributed by atoms with Gasteiger partial charge in [0.15, 0.2) is 0 Å². The summed E-state index contributed by atoms with van der Waals surface area (Å²) in [5.41, 5.74) is 8.04. The number of carbonyl (C=O) groups is 2. The van der Waals surface area contributed by atoms with Gasteiger partial charge in [0.1, 0.15) is 42.4 Å². The lowest BCUT2D eigenvalue weighted by Gasteiger charge is -2.39. The minimum absolute atomic E-state index is 0.0461. The molecule has 4 aromatic rings. The molecule has 1 aromatic heterocycles. The lowest BCUT2D eigenvalue weighted by Crippen LogP contribution is -2.57. The van der Waals surface area contributed by atoms with Crippen LogP contribution in [-0.2, 0) is 35.7 Å².